The molecule has 0 aliphatic carbocycles. The third-order valence-corrected chi connectivity index (χ3v) is 2.27. The normalized spacial score (nSPS) is 12.0. The van der Waals surface area contributed by atoms with E-state index >= 15 is 0 Å². The second-order valence-electron chi connectivity index (χ2n) is 4.55. The van der Waals surface area contributed by atoms with E-state index in [-0.39, 0.29) is 19.7 Å². The topological polar surface area (TPSA) is 62.4 Å². The number of hydrogen-bond donors (Lipinski definition) is 1. The Labute approximate surface area is 105 Å². The average molecular weight is 263 g/mol. The first kappa shape index (κ1) is 15.0. The highest BCUT2D eigenvalue weighted by Crippen LogP contribution is 2.08. The summed E-state index contributed by atoms with van der Waals surface area (Å²) in [6, 6.07) is 0. The van der Waals surface area contributed by atoms with Crippen molar-refractivity contribution in [3.05, 3.63) is 11.7 Å². The van der Waals surface area contributed by atoms with Gasteiger partial charge in [0.25, 0.3) is 6.43 Å². The maximum Gasteiger partial charge on any atom is 0.251 e. The van der Waals surface area contributed by atoms with E-state index in [9.17, 15) is 8.78 Å². The van der Waals surface area contributed by atoms with Crippen LogP contribution in [0.1, 0.15) is 25.6 Å². The summed E-state index contributed by atoms with van der Waals surface area (Å²) in [5, 5.41) is 12.6. The molecule has 1 aromatic heterocycles. The molecule has 0 radical (unpaired) electrons. The lowest BCUT2D eigenvalue weighted by atomic mass is 10.1. The minimum Gasteiger partial charge on any atom is -0.395 e. The van der Waals surface area contributed by atoms with Crippen LogP contribution in [0.3, 0.4) is 0 Å². The zero-order valence-electron chi connectivity index (χ0n) is 10.6. The molecule has 0 aromatic carbocycles. The van der Waals surface area contributed by atoms with E-state index in [1.807, 2.05) is 13.8 Å². The van der Waals surface area contributed by atoms with Crippen LogP contribution in [0.2, 0.25) is 0 Å². The predicted molar refractivity (Wildman–Crippen MR) is 61.2 cm³/mol. The fourth-order valence-electron chi connectivity index (χ4n) is 1.57. The van der Waals surface area contributed by atoms with Gasteiger partial charge in [-0.3, -0.25) is 4.90 Å². The molecule has 1 N–H and O–H groups in total. The summed E-state index contributed by atoms with van der Waals surface area (Å²) < 4.78 is 29.6. The molecule has 0 saturated heterocycles. The fourth-order valence-corrected chi connectivity index (χ4v) is 1.57. The molecule has 0 unspecified atom stereocenters. The van der Waals surface area contributed by atoms with Crippen LogP contribution in [0, 0.1) is 5.92 Å². The van der Waals surface area contributed by atoms with Crippen LogP contribution in [0.15, 0.2) is 4.52 Å². The van der Waals surface area contributed by atoms with Gasteiger partial charge in [-0.25, -0.2) is 8.78 Å². The molecule has 1 aromatic rings. The number of alkyl halides is 2. The van der Waals surface area contributed by atoms with Crippen molar-refractivity contribution >= 4 is 0 Å². The SMILES string of the molecule is CC(C)Cc1noc(CN(CCO)CC(F)F)n1. The number of halogens is 2. The van der Waals surface area contributed by atoms with Gasteiger partial charge in [0.15, 0.2) is 5.82 Å². The molecule has 1 rings (SSSR count). The van der Waals surface area contributed by atoms with Crippen molar-refractivity contribution in [1.29, 1.82) is 0 Å². The Hall–Kier alpha value is -1.08. The number of aliphatic hydroxyl groups excluding tert-OH is 1. The molecule has 0 amide bonds. The maximum atomic E-state index is 12.3. The number of hydrogen-bond acceptors (Lipinski definition) is 5. The molecule has 0 bridgehead atoms. The van der Waals surface area contributed by atoms with Crippen LogP contribution in [0.5, 0.6) is 0 Å². The lowest BCUT2D eigenvalue weighted by Gasteiger charge is -2.18. The fraction of sp³-hybridized carbons (Fsp3) is 0.818. The van der Waals surface area contributed by atoms with Crippen molar-refractivity contribution in [3.63, 3.8) is 0 Å². The highest BCUT2D eigenvalue weighted by Gasteiger charge is 2.16. The molecule has 5 nitrogen and oxygen atoms in total. The van der Waals surface area contributed by atoms with Gasteiger partial charge < -0.3 is 9.63 Å². The second-order valence-corrected chi connectivity index (χ2v) is 4.55. The van der Waals surface area contributed by atoms with Gasteiger partial charge in [-0.1, -0.05) is 19.0 Å². The van der Waals surface area contributed by atoms with E-state index in [1.54, 1.807) is 0 Å². The molecule has 18 heavy (non-hydrogen) atoms. The third kappa shape index (κ3) is 5.50. The Kier molecular flexibility index (Phi) is 6.14. The maximum absolute atomic E-state index is 12.3. The highest BCUT2D eigenvalue weighted by atomic mass is 19.3. The van der Waals surface area contributed by atoms with Crippen molar-refractivity contribution in [2.75, 3.05) is 19.7 Å². The predicted octanol–water partition coefficient (Wildman–Crippen LogP) is 1.33. The molecule has 0 aliphatic heterocycles. The first-order valence-corrected chi connectivity index (χ1v) is 5.94. The van der Waals surface area contributed by atoms with Crippen LogP contribution in [-0.4, -0.2) is 46.3 Å². The summed E-state index contributed by atoms with van der Waals surface area (Å²) >= 11 is 0. The van der Waals surface area contributed by atoms with Crippen LogP contribution >= 0.6 is 0 Å². The molecule has 0 atom stereocenters. The molecular formula is C11H19F2N3O2. The monoisotopic (exact) mass is 263 g/mol. The Morgan fingerprint density at radius 1 is 1.39 bits per heavy atom. The van der Waals surface area contributed by atoms with E-state index in [1.165, 1.54) is 4.90 Å². The summed E-state index contributed by atoms with van der Waals surface area (Å²) in [4.78, 5) is 5.52. The number of aliphatic hydroxyl groups is 1. The van der Waals surface area contributed by atoms with Gasteiger partial charge in [-0.2, -0.15) is 4.98 Å². The van der Waals surface area contributed by atoms with Crippen LogP contribution in [0.25, 0.3) is 0 Å². The van der Waals surface area contributed by atoms with Crippen LogP contribution < -0.4 is 0 Å². The van der Waals surface area contributed by atoms with Crippen molar-refractivity contribution in [1.82, 2.24) is 15.0 Å². The van der Waals surface area contributed by atoms with Crippen molar-refractivity contribution < 1.29 is 18.4 Å². The number of rotatable bonds is 8. The van der Waals surface area contributed by atoms with Crippen molar-refractivity contribution in [3.8, 4) is 0 Å². The van der Waals surface area contributed by atoms with Crippen LogP contribution in [-0.2, 0) is 13.0 Å². The summed E-state index contributed by atoms with van der Waals surface area (Å²) in [5.74, 6) is 1.30. The van der Waals surface area contributed by atoms with E-state index < -0.39 is 13.0 Å². The average Bonchev–Trinajstić information content (AvgIpc) is 2.63. The summed E-state index contributed by atoms with van der Waals surface area (Å²) in [7, 11) is 0. The van der Waals surface area contributed by atoms with Gasteiger partial charge in [-0.15, -0.1) is 0 Å². The summed E-state index contributed by atoms with van der Waals surface area (Å²) in [6.45, 7) is 3.76. The highest BCUT2D eigenvalue weighted by molar-refractivity contribution is 4.87. The first-order valence-electron chi connectivity index (χ1n) is 5.94. The lowest BCUT2D eigenvalue weighted by Crippen LogP contribution is -2.31. The Bertz CT molecular complexity index is 345. The van der Waals surface area contributed by atoms with Gasteiger partial charge >= 0.3 is 0 Å². The van der Waals surface area contributed by atoms with Crippen LogP contribution in [0.4, 0.5) is 8.78 Å². The molecule has 0 spiro atoms. The Balaban J connectivity index is 2.54. The van der Waals surface area contributed by atoms with Gasteiger partial charge in [0, 0.05) is 13.0 Å². The zero-order valence-corrected chi connectivity index (χ0v) is 10.6. The molecule has 104 valence electrons. The third-order valence-electron chi connectivity index (χ3n) is 2.27. The van der Waals surface area contributed by atoms with Gasteiger partial charge in [0.2, 0.25) is 5.89 Å². The minimum atomic E-state index is -2.45. The van der Waals surface area contributed by atoms with E-state index in [2.05, 4.69) is 10.1 Å². The van der Waals surface area contributed by atoms with Gasteiger partial charge in [0.1, 0.15) is 0 Å². The largest absolute Gasteiger partial charge is 0.395 e. The van der Waals surface area contributed by atoms with Crippen molar-refractivity contribution in [2.24, 2.45) is 5.92 Å². The van der Waals surface area contributed by atoms with Gasteiger partial charge in [-0.05, 0) is 5.92 Å². The van der Waals surface area contributed by atoms with E-state index in [0.717, 1.165) is 0 Å². The van der Waals surface area contributed by atoms with Gasteiger partial charge in [0.05, 0.1) is 19.7 Å². The summed E-state index contributed by atoms with van der Waals surface area (Å²) in [6.07, 6.45) is -1.76. The molecule has 0 saturated carbocycles. The summed E-state index contributed by atoms with van der Waals surface area (Å²) in [5.41, 5.74) is 0. The molecule has 0 fully saturated rings. The zero-order chi connectivity index (χ0) is 13.5. The standard InChI is InChI=1S/C11H19F2N3O2/c1-8(2)5-10-14-11(18-15-10)7-16(3-4-17)6-9(12)13/h8-9,17H,3-7H2,1-2H3. The number of aromatic nitrogens is 2. The minimum absolute atomic E-state index is 0.135. The number of nitrogens with zero attached hydrogens (tertiary/aromatic N) is 3. The molecule has 1 heterocycles. The van der Waals surface area contributed by atoms with E-state index in [4.69, 9.17) is 9.63 Å². The quantitative estimate of drug-likeness (QED) is 0.766. The second kappa shape index (κ2) is 7.38. The van der Waals surface area contributed by atoms with E-state index in [0.29, 0.717) is 24.1 Å². The Morgan fingerprint density at radius 2 is 2.11 bits per heavy atom. The molecular weight excluding hydrogens is 244 g/mol. The Morgan fingerprint density at radius 3 is 2.67 bits per heavy atom. The first-order chi connectivity index (χ1) is 8.51. The molecule has 7 heteroatoms. The lowest BCUT2D eigenvalue weighted by molar-refractivity contribution is 0.0692. The molecule has 0 aliphatic rings. The smallest absolute Gasteiger partial charge is 0.251 e. The van der Waals surface area contributed by atoms with Crippen molar-refractivity contribution in [2.45, 2.75) is 33.2 Å².